The van der Waals surface area contributed by atoms with Crippen LogP contribution >= 0.6 is 35.0 Å². The van der Waals surface area contributed by atoms with Gasteiger partial charge in [0.15, 0.2) is 5.17 Å². The molecular weight excluding hydrogens is 529 g/mol. The van der Waals surface area contributed by atoms with E-state index in [0.29, 0.717) is 38.9 Å². The number of fused-ring (bicyclic) bond motifs is 1. The van der Waals surface area contributed by atoms with Crippen molar-refractivity contribution in [2.24, 2.45) is 4.99 Å². The van der Waals surface area contributed by atoms with Gasteiger partial charge in [0.25, 0.3) is 5.91 Å². The standard InChI is InChI=1S/C28H21Cl2N3O3S/c1-2-33-26(34)25(37-28(33)31-20-7-5-6-18(13-20)27(35)36)14-19-16-32(24-9-4-3-8-21(19)24)15-17-10-11-22(29)23(30)12-17/h3-14,16H,2,15H2,1H3,(H,35,36)/b25-14-,31-28?. The predicted molar refractivity (Wildman–Crippen MR) is 151 cm³/mol. The van der Waals surface area contributed by atoms with Gasteiger partial charge in [-0.15, -0.1) is 0 Å². The molecule has 9 heteroatoms. The van der Waals surface area contributed by atoms with Crippen molar-refractivity contribution in [3.05, 3.63) is 105 Å². The molecule has 1 amide bonds. The first-order valence-corrected chi connectivity index (χ1v) is 13.1. The van der Waals surface area contributed by atoms with Crippen molar-refractivity contribution in [3.8, 4) is 0 Å². The summed E-state index contributed by atoms with van der Waals surface area (Å²) >= 11 is 13.6. The first kappa shape index (κ1) is 25.1. The Bertz CT molecular complexity index is 1610. The van der Waals surface area contributed by atoms with Crippen LogP contribution in [0.25, 0.3) is 17.0 Å². The molecule has 0 unspecified atom stereocenters. The van der Waals surface area contributed by atoms with Gasteiger partial charge < -0.3 is 9.67 Å². The van der Waals surface area contributed by atoms with Crippen LogP contribution in [0.2, 0.25) is 10.0 Å². The summed E-state index contributed by atoms with van der Waals surface area (Å²) in [5, 5.41) is 11.8. The van der Waals surface area contributed by atoms with Crippen molar-refractivity contribution in [1.29, 1.82) is 0 Å². The number of halogens is 2. The van der Waals surface area contributed by atoms with Gasteiger partial charge in [-0.25, -0.2) is 9.79 Å². The number of likely N-dealkylation sites (N-methyl/N-ethyl adjacent to an activating group) is 1. The van der Waals surface area contributed by atoms with Gasteiger partial charge in [0, 0.05) is 35.8 Å². The van der Waals surface area contributed by atoms with Crippen molar-refractivity contribution in [2.75, 3.05) is 6.54 Å². The van der Waals surface area contributed by atoms with Gasteiger partial charge in [-0.2, -0.15) is 0 Å². The van der Waals surface area contributed by atoms with Crippen LogP contribution in [-0.2, 0) is 11.3 Å². The average molecular weight is 550 g/mol. The average Bonchev–Trinajstić information content (AvgIpc) is 3.38. The van der Waals surface area contributed by atoms with Crippen molar-refractivity contribution in [3.63, 3.8) is 0 Å². The Morgan fingerprint density at radius 2 is 1.86 bits per heavy atom. The van der Waals surface area contributed by atoms with Crippen molar-refractivity contribution in [1.82, 2.24) is 9.47 Å². The molecule has 5 rings (SSSR count). The normalized spacial score (nSPS) is 15.9. The second-order valence-electron chi connectivity index (χ2n) is 8.39. The maximum absolute atomic E-state index is 13.2. The van der Waals surface area contributed by atoms with Crippen LogP contribution in [-0.4, -0.2) is 38.2 Å². The molecule has 6 nitrogen and oxygen atoms in total. The second-order valence-corrected chi connectivity index (χ2v) is 10.2. The van der Waals surface area contributed by atoms with Crippen LogP contribution in [0.1, 0.15) is 28.4 Å². The van der Waals surface area contributed by atoms with E-state index in [9.17, 15) is 14.7 Å². The lowest BCUT2D eigenvalue weighted by Gasteiger charge is -2.12. The number of rotatable bonds is 6. The third kappa shape index (κ3) is 5.16. The summed E-state index contributed by atoms with van der Waals surface area (Å²) in [4.78, 5) is 31.3. The number of carboxylic acids is 1. The van der Waals surface area contributed by atoms with Gasteiger partial charge in [0.2, 0.25) is 0 Å². The number of nitrogens with zero attached hydrogens (tertiary/aromatic N) is 3. The zero-order chi connectivity index (χ0) is 26.1. The SMILES string of the molecule is CCN1C(=O)/C(=C/c2cn(Cc3ccc(Cl)c(Cl)c3)c3ccccc23)SC1=Nc1cccc(C(=O)O)c1. The van der Waals surface area contributed by atoms with Crippen LogP contribution in [0.4, 0.5) is 5.69 Å². The zero-order valence-corrected chi connectivity index (χ0v) is 22.0. The summed E-state index contributed by atoms with van der Waals surface area (Å²) in [6.45, 7) is 2.92. The molecule has 2 heterocycles. The topological polar surface area (TPSA) is 74.9 Å². The molecule has 186 valence electrons. The van der Waals surface area contributed by atoms with E-state index < -0.39 is 5.97 Å². The number of para-hydroxylation sites is 1. The van der Waals surface area contributed by atoms with Crippen LogP contribution in [0.3, 0.4) is 0 Å². The highest BCUT2D eigenvalue weighted by atomic mass is 35.5. The molecule has 0 spiro atoms. The fourth-order valence-electron chi connectivity index (χ4n) is 4.19. The predicted octanol–water partition coefficient (Wildman–Crippen LogP) is 7.32. The largest absolute Gasteiger partial charge is 0.478 e. The molecule has 1 saturated heterocycles. The molecule has 1 aliphatic heterocycles. The fourth-order valence-corrected chi connectivity index (χ4v) is 5.56. The summed E-state index contributed by atoms with van der Waals surface area (Å²) in [6.07, 6.45) is 3.91. The number of thioether (sulfide) groups is 1. The summed E-state index contributed by atoms with van der Waals surface area (Å²) in [7, 11) is 0. The molecule has 4 aromatic rings. The molecule has 0 bridgehead atoms. The van der Waals surface area contributed by atoms with Gasteiger partial charge in [0.1, 0.15) is 0 Å². The first-order chi connectivity index (χ1) is 17.8. The quantitative estimate of drug-likeness (QED) is 0.255. The fraction of sp³-hybridized carbons (Fsp3) is 0.107. The number of amidine groups is 1. The second kappa shape index (κ2) is 10.5. The van der Waals surface area contributed by atoms with Gasteiger partial charge in [-0.3, -0.25) is 9.69 Å². The Morgan fingerprint density at radius 1 is 1.05 bits per heavy atom. The zero-order valence-electron chi connectivity index (χ0n) is 19.7. The van der Waals surface area contributed by atoms with E-state index in [-0.39, 0.29) is 11.5 Å². The Balaban J connectivity index is 1.51. The third-order valence-electron chi connectivity index (χ3n) is 5.97. The number of amides is 1. The Morgan fingerprint density at radius 3 is 2.62 bits per heavy atom. The number of carbonyl (C=O) groups excluding carboxylic acids is 1. The van der Waals surface area contributed by atoms with Crippen LogP contribution in [0.15, 0.2) is 82.8 Å². The number of aliphatic imine (C=N–C) groups is 1. The maximum Gasteiger partial charge on any atom is 0.335 e. The van der Waals surface area contributed by atoms with E-state index >= 15 is 0 Å². The highest BCUT2D eigenvalue weighted by molar-refractivity contribution is 8.18. The molecular formula is C28H21Cl2N3O3S. The van der Waals surface area contributed by atoms with Crippen LogP contribution in [0.5, 0.6) is 0 Å². The number of carbonyl (C=O) groups is 2. The molecule has 37 heavy (non-hydrogen) atoms. The van der Waals surface area contributed by atoms with Crippen LogP contribution < -0.4 is 0 Å². The smallest absolute Gasteiger partial charge is 0.335 e. The molecule has 0 atom stereocenters. The summed E-state index contributed by atoms with van der Waals surface area (Å²) in [5.74, 6) is -1.16. The number of benzene rings is 3. The molecule has 1 N–H and O–H groups in total. The monoisotopic (exact) mass is 549 g/mol. The highest BCUT2D eigenvalue weighted by Gasteiger charge is 2.32. The van der Waals surface area contributed by atoms with Gasteiger partial charge in [-0.1, -0.05) is 53.5 Å². The number of carboxylic acid groups (broad SMARTS) is 1. The molecule has 0 aliphatic carbocycles. The van der Waals surface area contributed by atoms with Crippen LogP contribution in [0, 0.1) is 0 Å². The molecule has 1 aliphatic rings. The third-order valence-corrected chi connectivity index (χ3v) is 7.71. The maximum atomic E-state index is 13.2. The number of hydrogen-bond acceptors (Lipinski definition) is 4. The number of hydrogen-bond donors (Lipinski definition) is 1. The highest BCUT2D eigenvalue weighted by Crippen LogP contribution is 2.36. The van der Waals surface area contributed by atoms with E-state index in [1.807, 2.05) is 55.6 Å². The summed E-state index contributed by atoms with van der Waals surface area (Å²) in [6, 6.07) is 20.0. The lowest BCUT2D eigenvalue weighted by molar-refractivity contribution is -0.122. The molecule has 3 aromatic carbocycles. The minimum Gasteiger partial charge on any atom is -0.478 e. The van der Waals surface area contributed by atoms with Crippen molar-refractivity contribution >= 4 is 74.7 Å². The lowest BCUT2D eigenvalue weighted by atomic mass is 10.1. The lowest BCUT2D eigenvalue weighted by Crippen LogP contribution is -2.28. The molecule has 1 fully saturated rings. The van der Waals surface area contributed by atoms with E-state index in [2.05, 4.69) is 9.56 Å². The Labute approximate surface area is 227 Å². The number of aromatic carboxylic acids is 1. The van der Waals surface area contributed by atoms with E-state index in [4.69, 9.17) is 23.2 Å². The van der Waals surface area contributed by atoms with Gasteiger partial charge in [0.05, 0.1) is 26.2 Å². The van der Waals surface area contributed by atoms with Gasteiger partial charge >= 0.3 is 5.97 Å². The van der Waals surface area contributed by atoms with Crippen molar-refractivity contribution < 1.29 is 14.7 Å². The summed E-state index contributed by atoms with van der Waals surface area (Å²) < 4.78 is 2.12. The van der Waals surface area contributed by atoms with Crippen molar-refractivity contribution in [2.45, 2.75) is 13.5 Å². The van der Waals surface area contributed by atoms with E-state index in [0.717, 1.165) is 22.0 Å². The number of aromatic nitrogens is 1. The first-order valence-electron chi connectivity index (χ1n) is 11.5. The molecule has 0 radical (unpaired) electrons. The van der Waals surface area contributed by atoms with E-state index in [1.54, 1.807) is 23.1 Å². The minimum absolute atomic E-state index is 0.137. The van der Waals surface area contributed by atoms with E-state index in [1.165, 1.54) is 23.9 Å². The summed E-state index contributed by atoms with van der Waals surface area (Å²) in [5.41, 5.74) is 3.58. The minimum atomic E-state index is -1.03. The Hall–Kier alpha value is -3.52. The Kier molecular flexibility index (Phi) is 7.11. The molecule has 1 aromatic heterocycles. The van der Waals surface area contributed by atoms with Gasteiger partial charge in [-0.05, 0) is 66.7 Å². The molecule has 0 saturated carbocycles.